The summed E-state index contributed by atoms with van der Waals surface area (Å²) in [6, 6.07) is 6.16. The number of hydrogen-bond donors (Lipinski definition) is 0. The molecule has 0 saturated heterocycles. The number of fused-ring (bicyclic) bond motifs is 1. The van der Waals surface area contributed by atoms with E-state index in [0.29, 0.717) is 17.5 Å². The predicted molar refractivity (Wildman–Crippen MR) is 120 cm³/mol. The van der Waals surface area contributed by atoms with E-state index in [-0.39, 0.29) is 47.1 Å². The Labute approximate surface area is 203 Å². The lowest BCUT2D eigenvalue weighted by atomic mass is 10.1. The maximum Gasteiger partial charge on any atom is 0.307 e. The molecule has 0 aromatic heterocycles. The second kappa shape index (κ2) is 11.0. The van der Waals surface area contributed by atoms with Crippen LogP contribution in [-0.4, -0.2) is 44.9 Å². The van der Waals surface area contributed by atoms with Crippen molar-refractivity contribution in [2.24, 2.45) is 0 Å². The van der Waals surface area contributed by atoms with Gasteiger partial charge in [-0.25, -0.2) is 21.5 Å². The lowest BCUT2D eigenvalue weighted by molar-refractivity contribution is -0.757. The highest BCUT2D eigenvalue weighted by Crippen LogP contribution is 2.40. The topological polar surface area (TPSA) is 133 Å². The second-order valence-corrected chi connectivity index (χ2v) is 10.5. The summed E-state index contributed by atoms with van der Waals surface area (Å²) >= 11 is 0.918. The summed E-state index contributed by atoms with van der Waals surface area (Å²) in [7, 11) is -4.00. The Kier molecular flexibility index (Phi) is 8.27. The number of Topliss-reactive ketones (excluding diaryl/α,β-unsaturated/α-hetero) is 1. The number of ether oxygens (including phenoxy) is 1. The Balaban J connectivity index is 1.89. The summed E-state index contributed by atoms with van der Waals surface area (Å²) in [5.41, 5.74) is 1.10. The van der Waals surface area contributed by atoms with E-state index in [4.69, 9.17) is 4.74 Å². The fraction of sp³-hybridized carbons (Fsp3) is 0.333. The number of halogens is 2. The number of esters is 1. The standard InChI is InChI=1S/C21H20F2N2O8S2/c1-35(30,31)24(12-32-21(27)3-2-8-33-25(28)29)18-9-13-4-7-19(26)15(13)11-20(18)34-14-5-6-16(22)17(23)10-14/h5-6,9-11H,2-4,7-8,12H2,1H3. The summed E-state index contributed by atoms with van der Waals surface area (Å²) in [5, 5.41) is 9.16. The van der Waals surface area contributed by atoms with Crippen LogP contribution in [0.2, 0.25) is 0 Å². The van der Waals surface area contributed by atoms with Gasteiger partial charge in [0.15, 0.2) is 24.1 Å². The van der Waals surface area contributed by atoms with Crippen molar-refractivity contribution in [1.29, 1.82) is 0 Å². The third-order valence-electron chi connectivity index (χ3n) is 4.96. The number of rotatable bonds is 11. The fourth-order valence-electron chi connectivity index (χ4n) is 3.31. The third kappa shape index (κ3) is 6.88. The number of carbonyl (C=O) groups is 2. The molecule has 0 N–H and O–H groups in total. The fourth-order valence-corrected chi connectivity index (χ4v) is 5.12. The van der Waals surface area contributed by atoms with E-state index >= 15 is 0 Å². The molecule has 0 heterocycles. The number of ketones is 1. The molecule has 0 atom stereocenters. The van der Waals surface area contributed by atoms with E-state index in [9.17, 15) is 36.9 Å². The summed E-state index contributed by atoms with van der Waals surface area (Å²) < 4.78 is 58.2. The molecule has 0 fully saturated rings. The van der Waals surface area contributed by atoms with Crippen LogP contribution in [0.5, 0.6) is 0 Å². The minimum atomic E-state index is -4.00. The predicted octanol–water partition coefficient (Wildman–Crippen LogP) is 3.50. The highest BCUT2D eigenvalue weighted by molar-refractivity contribution is 7.99. The molecule has 0 spiro atoms. The summed E-state index contributed by atoms with van der Waals surface area (Å²) in [4.78, 5) is 39.1. The van der Waals surface area contributed by atoms with Crippen LogP contribution in [0.15, 0.2) is 40.1 Å². The number of anilines is 1. The first-order chi connectivity index (χ1) is 16.5. The van der Waals surface area contributed by atoms with Crippen molar-refractivity contribution >= 4 is 39.2 Å². The molecule has 14 heteroatoms. The zero-order valence-corrected chi connectivity index (χ0v) is 20.0. The van der Waals surface area contributed by atoms with E-state index in [1.807, 2.05) is 0 Å². The molecule has 0 amide bonds. The monoisotopic (exact) mass is 530 g/mol. The van der Waals surface area contributed by atoms with E-state index in [1.54, 1.807) is 0 Å². The zero-order chi connectivity index (χ0) is 25.8. The van der Waals surface area contributed by atoms with Crippen molar-refractivity contribution in [3.05, 3.63) is 63.2 Å². The van der Waals surface area contributed by atoms with Gasteiger partial charge < -0.3 is 9.57 Å². The van der Waals surface area contributed by atoms with Crippen LogP contribution in [0, 0.1) is 21.7 Å². The summed E-state index contributed by atoms with van der Waals surface area (Å²) in [6.45, 7) is -1.03. The molecule has 2 aromatic rings. The van der Waals surface area contributed by atoms with Crippen LogP contribution < -0.4 is 4.31 Å². The number of aryl methyl sites for hydroxylation is 1. The molecule has 0 saturated carbocycles. The van der Waals surface area contributed by atoms with Gasteiger partial charge in [0.05, 0.1) is 18.6 Å². The van der Waals surface area contributed by atoms with Crippen molar-refractivity contribution in [2.75, 3.05) is 23.9 Å². The summed E-state index contributed by atoms with van der Waals surface area (Å²) in [5.74, 6) is -3.08. The lowest BCUT2D eigenvalue weighted by Crippen LogP contribution is -2.34. The van der Waals surface area contributed by atoms with E-state index < -0.39 is 39.4 Å². The lowest BCUT2D eigenvalue weighted by Gasteiger charge is -2.25. The smallest absolute Gasteiger partial charge is 0.307 e. The number of carbonyl (C=O) groups excluding carboxylic acids is 2. The Morgan fingerprint density at radius 2 is 1.94 bits per heavy atom. The molecule has 1 aliphatic rings. The van der Waals surface area contributed by atoms with Gasteiger partial charge in [0, 0.05) is 28.2 Å². The average molecular weight is 531 g/mol. The maximum absolute atomic E-state index is 13.7. The van der Waals surface area contributed by atoms with Crippen molar-refractivity contribution < 1.29 is 41.4 Å². The molecule has 2 aromatic carbocycles. The van der Waals surface area contributed by atoms with Crippen LogP contribution >= 0.6 is 11.8 Å². The van der Waals surface area contributed by atoms with Gasteiger partial charge in [0.25, 0.3) is 5.09 Å². The Morgan fingerprint density at radius 3 is 2.60 bits per heavy atom. The number of benzene rings is 2. The zero-order valence-electron chi connectivity index (χ0n) is 18.4. The van der Waals surface area contributed by atoms with Crippen LogP contribution in [0.4, 0.5) is 14.5 Å². The highest BCUT2D eigenvalue weighted by atomic mass is 32.2. The Morgan fingerprint density at radius 1 is 1.20 bits per heavy atom. The van der Waals surface area contributed by atoms with Gasteiger partial charge in [0.1, 0.15) is 0 Å². The van der Waals surface area contributed by atoms with Gasteiger partial charge in [-0.05, 0) is 48.7 Å². The SMILES string of the molecule is CS(=O)(=O)N(COC(=O)CCCO[N+](=O)[O-])c1cc2c(cc1Sc1ccc(F)c(F)c1)C(=O)CC2. The van der Waals surface area contributed by atoms with E-state index in [1.165, 1.54) is 18.2 Å². The van der Waals surface area contributed by atoms with Gasteiger partial charge >= 0.3 is 5.97 Å². The first kappa shape index (κ1) is 26.3. The van der Waals surface area contributed by atoms with Crippen molar-refractivity contribution in [3.63, 3.8) is 0 Å². The minimum Gasteiger partial charge on any atom is -0.443 e. The number of hydrogen-bond acceptors (Lipinski definition) is 9. The van der Waals surface area contributed by atoms with E-state index in [0.717, 1.165) is 34.5 Å². The molecular weight excluding hydrogens is 510 g/mol. The van der Waals surface area contributed by atoms with Crippen molar-refractivity contribution in [2.45, 2.75) is 35.5 Å². The van der Waals surface area contributed by atoms with Crippen molar-refractivity contribution in [3.8, 4) is 0 Å². The van der Waals surface area contributed by atoms with Crippen LogP contribution in [0.3, 0.4) is 0 Å². The third-order valence-corrected chi connectivity index (χ3v) is 7.10. The maximum atomic E-state index is 13.7. The molecule has 1 aliphatic carbocycles. The Hall–Kier alpha value is -3.26. The summed E-state index contributed by atoms with van der Waals surface area (Å²) in [6.07, 6.45) is 1.27. The first-order valence-corrected chi connectivity index (χ1v) is 12.9. The van der Waals surface area contributed by atoms with Gasteiger partial charge in [-0.15, -0.1) is 10.1 Å². The molecule has 0 bridgehead atoms. The van der Waals surface area contributed by atoms with Crippen LogP contribution in [0.1, 0.15) is 35.2 Å². The molecule has 35 heavy (non-hydrogen) atoms. The normalized spacial score (nSPS) is 12.8. The van der Waals surface area contributed by atoms with Gasteiger partial charge in [-0.1, -0.05) is 11.8 Å². The largest absolute Gasteiger partial charge is 0.443 e. The van der Waals surface area contributed by atoms with Gasteiger partial charge in [0.2, 0.25) is 10.0 Å². The number of nitrogens with zero attached hydrogens (tertiary/aromatic N) is 2. The average Bonchev–Trinajstić information content (AvgIpc) is 3.12. The Bertz CT molecular complexity index is 1270. The van der Waals surface area contributed by atoms with Gasteiger partial charge in [-0.3, -0.25) is 9.59 Å². The number of sulfonamides is 1. The van der Waals surface area contributed by atoms with Gasteiger partial charge in [-0.2, -0.15) is 0 Å². The molecular formula is C21H20F2N2O8S2. The second-order valence-electron chi connectivity index (χ2n) is 7.50. The molecule has 10 nitrogen and oxygen atoms in total. The minimum absolute atomic E-state index is 0.0170. The van der Waals surface area contributed by atoms with E-state index in [2.05, 4.69) is 4.84 Å². The van der Waals surface area contributed by atoms with Crippen LogP contribution in [0.25, 0.3) is 0 Å². The quantitative estimate of drug-likeness (QED) is 0.141. The molecule has 188 valence electrons. The molecule has 0 unspecified atom stereocenters. The van der Waals surface area contributed by atoms with Crippen LogP contribution in [-0.2, 0) is 30.8 Å². The van der Waals surface area contributed by atoms with Crippen molar-refractivity contribution in [1.82, 2.24) is 0 Å². The molecule has 0 radical (unpaired) electrons. The molecule has 3 rings (SSSR count). The molecule has 0 aliphatic heterocycles. The first-order valence-electron chi connectivity index (χ1n) is 10.2. The highest BCUT2D eigenvalue weighted by Gasteiger charge is 2.28.